The van der Waals surface area contributed by atoms with E-state index < -0.39 is 5.82 Å². The normalized spacial score (nSPS) is 10.6. The van der Waals surface area contributed by atoms with Crippen LogP contribution in [0.5, 0.6) is 5.75 Å². The first-order valence-corrected chi connectivity index (χ1v) is 9.65. The van der Waals surface area contributed by atoms with Crippen LogP contribution in [0.1, 0.15) is 11.4 Å². The minimum absolute atomic E-state index is 0.103. The molecule has 0 atom stereocenters. The summed E-state index contributed by atoms with van der Waals surface area (Å²) in [6.45, 7) is 0.988. The molecule has 0 aliphatic carbocycles. The van der Waals surface area contributed by atoms with Crippen LogP contribution in [-0.4, -0.2) is 27.0 Å². The van der Waals surface area contributed by atoms with Crippen molar-refractivity contribution < 1.29 is 9.13 Å². The van der Waals surface area contributed by atoms with E-state index in [0.29, 0.717) is 35.9 Å². The second-order valence-electron chi connectivity index (χ2n) is 6.81. The smallest absolute Gasteiger partial charge is 0.222 e. The van der Waals surface area contributed by atoms with Gasteiger partial charge < -0.3 is 15.4 Å². The molecular formula is C23H21FN6O. The van der Waals surface area contributed by atoms with Crippen molar-refractivity contribution in [3.05, 3.63) is 90.3 Å². The first-order chi connectivity index (χ1) is 15.1. The van der Waals surface area contributed by atoms with Gasteiger partial charge in [-0.15, -0.1) is 0 Å². The SMILES string of the molecule is COc1cc(F)ccc1-c1cc(N(Cc2ccccn2)Cc2ccccn2)nc(N)n1. The lowest BCUT2D eigenvalue weighted by Crippen LogP contribution is -2.25. The van der Waals surface area contributed by atoms with Crippen LogP contribution >= 0.6 is 0 Å². The zero-order valence-electron chi connectivity index (χ0n) is 16.9. The molecule has 0 saturated carbocycles. The fraction of sp³-hybridized carbons (Fsp3) is 0.130. The largest absolute Gasteiger partial charge is 0.496 e. The lowest BCUT2D eigenvalue weighted by Gasteiger charge is -2.24. The van der Waals surface area contributed by atoms with Gasteiger partial charge in [-0.3, -0.25) is 9.97 Å². The zero-order chi connectivity index (χ0) is 21.6. The van der Waals surface area contributed by atoms with E-state index in [4.69, 9.17) is 10.5 Å². The fourth-order valence-corrected chi connectivity index (χ4v) is 3.22. The summed E-state index contributed by atoms with van der Waals surface area (Å²) in [6, 6.07) is 17.6. The number of pyridine rings is 2. The van der Waals surface area contributed by atoms with E-state index in [9.17, 15) is 4.39 Å². The molecule has 0 radical (unpaired) electrons. The molecule has 3 heterocycles. The molecule has 0 aliphatic rings. The maximum absolute atomic E-state index is 13.7. The van der Waals surface area contributed by atoms with Gasteiger partial charge in [-0.2, -0.15) is 4.98 Å². The highest BCUT2D eigenvalue weighted by molar-refractivity contribution is 5.70. The summed E-state index contributed by atoms with van der Waals surface area (Å²) in [5.41, 5.74) is 8.95. The van der Waals surface area contributed by atoms with Gasteiger partial charge in [0.1, 0.15) is 17.4 Å². The number of methoxy groups -OCH3 is 1. The van der Waals surface area contributed by atoms with E-state index in [1.54, 1.807) is 24.5 Å². The molecule has 4 rings (SSSR count). The number of ether oxygens (including phenoxy) is 1. The lowest BCUT2D eigenvalue weighted by molar-refractivity contribution is 0.413. The van der Waals surface area contributed by atoms with Gasteiger partial charge in [-0.1, -0.05) is 12.1 Å². The summed E-state index contributed by atoms with van der Waals surface area (Å²) in [5.74, 6) is 0.677. The van der Waals surface area contributed by atoms with Crippen molar-refractivity contribution in [2.75, 3.05) is 17.7 Å². The molecule has 7 nitrogen and oxygen atoms in total. The summed E-state index contributed by atoms with van der Waals surface area (Å²) in [4.78, 5) is 19.7. The minimum atomic E-state index is -0.394. The van der Waals surface area contributed by atoms with Gasteiger partial charge in [0.2, 0.25) is 5.95 Å². The molecule has 0 bridgehead atoms. The third-order valence-corrected chi connectivity index (χ3v) is 4.65. The predicted octanol–water partition coefficient (Wildman–Crippen LogP) is 3.87. The third-order valence-electron chi connectivity index (χ3n) is 4.65. The molecule has 31 heavy (non-hydrogen) atoms. The van der Waals surface area contributed by atoms with Crippen molar-refractivity contribution in [3.8, 4) is 17.0 Å². The number of benzene rings is 1. The summed E-state index contributed by atoms with van der Waals surface area (Å²) in [7, 11) is 1.48. The van der Waals surface area contributed by atoms with Crippen LogP contribution in [0.4, 0.5) is 16.2 Å². The fourth-order valence-electron chi connectivity index (χ4n) is 3.22. The Kier molecular flexibility index (Phi) is 5.98. The first-order valence-electron chi connectivity index (χ1n) is 9.65. The van der Waals surface area contributed by atoms with Crippen LogP contribution in [0.3, 0.4) is 0 Å². The molecule has 2 N–H and O–H groups in total. The number of nitrogens with two attached hydrogens (primary N) is 1. The third kappa shape index (κ3) is 4.92. The molecule has 0 aliphatic heterocycles. The molecule has 0 saturated heterocycles. The zero-order valence-corrected chi connectivity index (χ0v) is 16.9. The number of anilines is 2. The Morgan fingerprint density at radius 2 is 1.58 bits per heavy atom. The van der Waals surface area contributed by atoms with Crippen molar-refractivity contribution in [2.45, 2.75) is 13.1 Å². The second-order valence-corrected chi connectivity index (χ2v) is 6.81. The van der Waals surface area contributed by atoms with Crippen LogP contribution in [0, 0.1) is 5.82 Å². The highest BCUT2D eigenvalue weighted by Crippen LogP contribution is 2.32. The van der Waals surface area contributed by atoms with Crippen LogP contribution in [0.15, 0.2) is 73.1 Å². The van der Waals surface area contributed by atoms with E-state index in [1.165, 1.54) is 19.2 Å². The molecule has 0 spiro atoms. The van der Waals surface area contributed by atoms with E-state index in [-0.39, 0.29) is 5.95 Å². The van der Waals surface area contributed by atoms with Crippen LogP contribution in [0.2, 0.25) is 0 Å². The predicted molar refractivity (Wildman–Crippen MR) is 117 cm³/mol. The lowest BCUT2D eigenvalue weighted by atomic mass is 10.1. The molecule has 8 heteroatoms. The van der Waals surface area contributed by atoms with Gasteiger partial charge in [-0.05, 0) is 36.4 Å². The molecule has 4 aromatic rings. The van der Waals surface area contributed by atoms with Gasteiger partial charge in [0.25, 0.3) is 0 Å². The van der Waals surface area contributed by atoms with Gasteiger partial charge in [0.15, 0.2) is 0 Å². The number of aromatic nitrogens is 4. The second kappa shape index (κ2) is 9.17. The van der Waals surface area contributed by atoms with E-state index >= 15 is 0 Å². The van der Waals surface area contributed by atoms with Crippen molar-refractivity contribution in [3.63, 3.8) is 0 Å². The molecule has 1 aromatic carbocycles. The molecule has 0 unspecified atom stereocenters. The Labute approximate surface area is 179 Å². The van der Waals surface area contributed by atoms with E-state index in [1.807, 2.05) is 41.3 Å². The number of nitrogen functional groups attached to an aromatic ring is 1. The Bertz CT molecular complexity index is 1120. The van der Waals surface area contributed by atoms with Crippen LogP contribution < -0.4 is 15.4 Å². The maximum Gasteiger partial charge on any atom is 0.222 e. The summed E-state index contributed by atoms with van der Waals surface area (Å²) < 4.78 is 19.0. The molecular weight excluding hydrogens is 395 g/mol. The Hall–Kier alpha value is -4.07. The minimum Gasteiger partial charge on any atom is -0.496 e. The molecule has 3 aromatic heterocycles. The maximum atomic E-state index is 13.7. The number of halogens is 1. The Morgan fingerprint density at radius 1 is 0.903 bits per heavy atom. The highest BCUT2D eigenvalue weighted by Gasteiger charge is 2.16. The van der Waals surface area contributed by atoms with Crippen molar-refractivity contribution in [1.82, 2.24) is 19.9 Å². The monoisotopic (exact) mass is 416 g/mol. The van der Waals surface area contributed by atoms with Crippen molar-refractivity contribution in [1.29, 1.82) is 0 Å². The quantitative estimate of drug-likeness (QED) is 0.489. The first kappa shape index (κ1) is 20.2. The number of hydrogen-bond donors (Lipinski definition) is 1. The van der Waals surface area contributed by atoms with Gasteiger partial charge >= 0.3 is 0 Å². The summed E-state index contributed by atoms with van der Waals surface area (Å²) >= 11 is 0. The molecule has 0 amide bonds. The van der Waals surface area contributed by atoms with Crippen LogP contribution in [-0.2, 0) is 13.1 Å². The summed E-state index contributed by atoms with van der Waals surface area (Å²) in [5, 5.41) is 0. The number of hydrogen-bond acceptors (Lipinski definition) is 7. The summed E-state index contributed by atoms with van der Waals surface area (Å²) in [6.07, 6.45) is 3.49. The molecule has 0 fully saturated rings. The Morgan fingerprint density at radius 3 is 2.16 bits per heavy atom. The van der Waals surface area contributed by atoms with Gasteiger partial charge in [0.05, 0.1) is 37.3 Å². The number of rotatable bonds is 7. The number of nitrogens with zero attached hydrogens (tertiary/aromatic N) is 5. The van der Waals surface area contributed by atoms with Gasteiger partial charge in [-0.25, -0.2) is 9.37 Å². The van der Waals surface area contributed by atoms with Crippen molar-refractivity contribution in [2.24, 2.45) is 0 Å². The highest BCUT2D eigenvalue weighted by atomic mass is 19.1. The average Bonchev–Trinajstić information content (AvgIpc) is 2.79. The topological polar surface area (TPSA) is 90.0 Å². The van der Waals surface area contributed by atoms with E-state index in [2.05, 4.69) is 19.9 Å². The van der Waals surface area contributed by atoms with Crippen molar-refractivity contribution >= 4 is 11.8 Å². The van der Waals surface area contributed by atoms with Gasteiger partial charge in [0, 0.05) is 30.1 Å². The average molecular weight is 416 g/mol. The molecule has 156 valence electrons. The standard InChI is InChI=1S/C23H21FN6O/c1-31-21-12-16(24)8-9-19(21)20-13-22(29-23(25)28-20)30(14-17-6-2-4-10-26-17)15-18-7-3-5-11-27-18/h2-13H,14-15H2,1H3,(H2,25,28,29). The van der Waals surface area contributed by atoms with Crippen LogP contribution in [0.25, 0.3) is 11.3 Å². The Balaban J connectivity index is 1.75. The van der Waals surface area contributed by atoms with E-state index in [0.717, 1.165) is 11.4 Å².